The Bertz CT molecular complexity index is 690. The van der Waals surface area contributed by atoms with Crippen LogP contribution in [-0.4, -0.2) is 44.2 Å². The van der Waals surface area contributed by atoms with Crippen LogP contribution in [0.2, 0.25) is 0 Å². The van der Waals surface area contributed by atoms with E-state index in [0.717, 1.165) is 50.1 Å². The zero-order valence-electron chi connectivity index (χ0n) is 15.8. The summed E-state index contributed by atoms with van der Waals surface area (Å²) >= 11 is 0. The Morgan fingerprint density at radius 3 is 2.41 bits per heavy atom. The highest BCUT2D eigenvalue weighted by atomic mass is 16.5. The third-order valence-electron chi connectivity index (χ3n) is 6.06. The van der Waals surface area contributed by atoms with Crippen LogP contribution < -0.4 is 15.5 Å². The Balaban J connectivity index is 1.43. The van der Waals surface area contributed by atoms with Gasteiger partial charge in [0.15, 0.2) is 0 Å². The highest BCUT2D eigenvalue weighted by Crippen LogP contribution is 2.47. The summed E-state index contributed by atoms with van der Waals surface area (Å²) in [5.41, 5.74) is 0.897. The molecular formula is C21H29N3O3. The van der Waals surface area contributed by atoms with Crippen molar-refractivity contribution in [1.82, 2.24) is 5.32 Å². The molecule has 1 aromatic carbocycles. The Hall–Kier alpha value is -2.08. The number of nitrogens with zero attached hydrogens (tertiary/aromatic N) is 1. The van der Waals surface area contributed by atoms with Crippen LogP contribution in [-0.2, 0) is 14.3 Å². The number of morpholine rings is 1. The molecule has 1 aliphatic heterocycles. The van der Waals surface area contributed by atoms with Crippen LogP contribution in [0, 0.1) is 5.41 Å². The SMILES string of the molecule is O=C(Nc1ccccc1N1CCOCC1)C1(C(=O)NC2CCCCC2)CC1. The lowest BCUT2D eigenvalue weighted by molar-refractivity contribution is -0.135. The maximum Gasteiger partial charge on any atom is 0.240 e. The van der Waals surface area contributed by atoms with E-state index in [0.29, 0.717) is 26.1 Å². The molecule has 0 aromatic heterocycles. The number of carbonyl (C=O) groups excluding carboxylic acids is 2. The second-order valence-corrected chi connectivity index (χ2v) is 7.96. The number of para-hydroxylation sites is 2. The molecule has 6 nitrogen and oxygen atoms in total. The van der Waals surface area contributed by atoms with Crippen molar-refractivity contribution >= 4 is 23.2 Å². The van der Waals surface area contributed by atoms with Gasteiger partial charge in [-0.1, -0.05) is 31.4 Å². The molecular weight excluding hydrogens is 342 g/mol. The van der Waals surface area contributed by atoms with Gasteiger partial charge in [-0.2, -0.15) is 0 Å². The van der Waals surface area contributed by atoms with Crippen LogP contribution in [0.4, 0.5) is 11.4 Å². The Morgan fingerprint density at radius 1 is 1.00 bits per heavy atom. The average molecular weight is 371 g/mol. The molecule has 4 rings (SSSR count). The van der Waals surface area contributed by atoms with Gasteiger partial charge in [-0.25, -0.2) is 0 Å². The van der Waals surface area contributed by atoms with Gasteiger partial charge in [-0.05, 0) is 37.8 Å². The first kappa shape index (κ1) is 18.3. The smallest absolute Gasteiger partial charge is 0.240 e. The molecule has 2 aliphatic carbocycles. The lowest BCUT2D eigenvalue weighted by Crippen LogP contribution is -2.45. The van der Waals surface area contributed by atoms with Crippen molar-refractivity contribution < 1.29 is 14.3 Å². The van der Waals surface area contributed by atoms with Crippen molar-refractivity contribution in [2.45, 2.75) is 51.0 Å². The van der Waals surface area contributed by atoms with E-state index in [1.54, 1.807) is 0 Å². The number of hydrogen-bond donors (Lipinski definition) is 2. The molecule has 0 atom stereocenters. The molecule has 6 heteroatoms. The van der Waals surface area contributed by atoms with E-state index in [4.69, 9.17) is 4.74 Å². The Kier molecular flexibility index (Phi) is 5.34. The molecule has 2 saturated carbocycles. The van der Waals surface area contributed by atoms with E-state index in [2.05, 4.69) is 15.5 Å². The summed E-state index contributed by atoms with van der Waals surface area (Å²) in [5, 5.41) is 6.19. The van der Waals surface area contributed by atoms with Gasteiger partial charge in [0, 0.05) is 19.1 Å². The topological polar surface area (TPSA) is 70.7 Å². The quantitative estimate of drug-likeness (QED) is 0.781. The van der Waals surface area contributed by atoms with Crippen LogP contribution >= 0.6 is 0 Å². The highest BCUT2D eigenvalue weighted by molar-refractivity contribution is 6.13. The minimum Gasteiger partial charge on any atom is -0.378 e. The molecule has 0 bridgehead atoms. The second-order valence-electron chi connectivity index (χ2n) is 7.96. The molecule has 2 amide bonds. The molecule has 1 saturated heterocycles. The van der Waals surface area contributed by atoms with Gasteiger partial charge in [0.05, 0.1) is 24.6 Å². The summed E-state index contributed by atoms with van der Waals surface area (Å²) in [7, 11) is 0. The van der Waals surface area contributed by atoms with Crippen molar-refractivity contribution in [3.63, 3.8) is 0 Å². The summed E-state index contributed by atoms with van der Waals surface area (Å²) in [6, 6.07) is 8.06. The van der Waals surface area contributed by atoms with E-state index in [1.165, 1.54) is 6.42 Å². The molecule has 0 unspecified atom stereocenters. The predicted molar refractivity (Wildman–Crippen MR) is 105 cm³/mol. The molecule has 0 radical (unpaired) electrons. The first-order valence-corrected chi connectivity index (χ1v) is 10.2. The van der Waals surface area contributed by atoms with Crippen LogP contribution in [0.3, 0.4) is 0 Å². The number of ether oxygens (including phenoxy) is 1. The van der Waals surface area contributed by atoms with Gasteiger partial charge < -0.3 is 20.3 Å². The maximum atomic E-state index is 13.0. The summed E-state index contributed by atoms with van der Waals surface area (Å²) in [6.45, 7) is 2.99. The van der Waals surface area contributed by atoms with Crippen LogP contribution in [0.1, 0.15) is 44.9 Å². The van der Waals surface area contributed by atoms with Gasteiger partial charge in [0.2, 0.25) is 11.8 Å². The fourth-order valence-electron chi connectivity index (χ4n) is 4.15. The Labute approximate surface area is 160 Å². The summed E-state index contributed by atoms with van der Waals surface area (Å²) in [6.07, 6.45) is 6.91. The van der Waals surface area contributed by atoms with Crippen molar-refractivity contribution in [2.24, 2.45) is 5.41 Å². The van der Waals surface area contributed by atoms with Gasteiger partial charge in [-0.3, -0.25) is 9.59 Å². The molecule has 3 aliphatic rings. The number of anilines is 2. The van der Waals surface area contributed by atoms with Gasteiger partial charge in [0.1, 0.15) is 5.41 Å². The minimum absolute atomic E-state index is 0.0873. The van der Waals surface area contributed by atoms with Gasteiger partial charge in [0.25, 0.3) is 0 Å². The highest BCUT2D eigenvalue weighted by Gasteiger charge is 2.56. The van der Waals surface area contributed by atoms with Crippen LogP contribution in [0.5, 0.6) is 0 Å². The first-order valence-electron chi connectivity index (χ1n) is 10.2. The standard InChI is InChI=1S/C21H29N3O3/c25-19(22-16-6-2-1-3-7-16)21(10-11-21)20(26)23-17-8-4-5-9-18(17)24-12-14-27-15-13-24/h4-5,8-9,16H,1-3,6-7,10-15H2,(H,22,25)(H,23,26). The number of nitrogens with one attached hydrogen (secondary N) is 2. The number of benzene rings is 1. The molecule has 3 fully saturated rings. The zero-order valence-corrected chi connectivity index (χ0v) is 15.8. The van der Waals surface area contributed by atoms with Gasteiger partial charge >= 0.3 is 0 Å². The molecule has 27 heavy (non-hydrogen) atoms. The largest absolute Gasteiger partial charge is 0.378 e. The number of rotatable bonds is 5. The van der Waals surface area contributed by atoms with E-state index >= 15 is 0 Å². The molecule has 146 valence electrons. The summed E-state index contributed by atoms with van der Waals surface area (Å²) in [5.74, 6) is -0.257. The monoisotopic (exact) mass is 371 g/mol. The predicted octanol–water partition coefficient (Wildman–Crippen LogP) is 2.69. The van der Waals surface area contributed by atoms with Crippen molar-refractivity contribution in [1.29, 1.82) is 0 Å². The van der Waals surface area contributed by atoms with Crippen LogP contribution in [0.15, 0.2) is 24.3 Å². The lowest BCUT2D eigenvalue weighted by Gasteiger charge is -2.31. The van der Waals surface area contributed by atoms with Crippen molar-refractivity contribution in [2.75, 3.05) is 36.5 Å². The maximum absolute atomic E-state index is 13.0. The zero-order chi connectivity index (χ0) is 18.7. The third-order valence-corrected chi connectivity index (χ3v) is 6.06. The number of carbonyl (C=O) groups is 2. The average Bonchev–Trinajstić information content (AvgIpc) is 3.52. The summed E-state index contributed by atoms with van der Waals surface area (Å²) in [4.78, 5) is 28.0. The normalized spacial score (nSPS) is 22.1. The number of hydrogen-bond acceptors (Lipinski definition) is 4. The first-order chi connectivity index (χ1) is 13.2. The molecule has 0 spiro atoms. The van der Waals surface area contributed by atoms with E-state index in [1.807, 2.05) is 24.3 Å². The van der Waals surface area contributed by atoms with Crippen molar-refractivity contribution in [3.05, 3.63) is 24.3 Å². The second kappa shape index (κ2) is 7.89. The fourth-order valence-corrected chi connectivity index (χ4v) is 4.15. The van der Waals surface area contributed by atoms with Crippen molar-refractivity contribution in [3.8, 4) is 0 Å². The number of amides is 2. The third kappa shape index (κ3) is 3.95. The lowest BCUT2D eigenvalue weighted by atomic mass is 9.94. The van der Waals surface area contributed by atoms with E-state index in [9.17, 15) is 9.59 Å². The van der Waals surface area contributed by atoms with E-state index < -0.39 is 5.41 Å². The van der Waals surface area contributed by atoms with E-state index in [-0.39, 0.29) is 17.9 Å². The van der Waals surface area contributed by atoms with Crippen LogP contribution in [0.25, 0.3) is 0 Å². The molecule has 1 aromatic rings. The molecule has 2 N–H and O–H groups in total. The molecule has 1 heterocycles. The minimum atomic E-state index is -0.879. The Morgan fingerprint density at radius 2 is 1.70 bits per heavy atom. The summed E-state index contributed by atoms with van der Waals surface area (Å²) < 4.78 is 5.43. The fraction of sp³-hybridized carbons (Fsp3) is 0.619. The van der Waals surface area contributed by atoms with Gasteiger partial charge in [-0.15, -0.1) is 0 Å².